The maximum absolute atomic E-state index is 12.9. The molecule has 1 aliphatic heterocycles. The van der Waals surface area contributed by atoms with Gasteiger partial charge in [-0.15, -0.1) is 0 Å². The molecule has 2 saturated carbocycles. The average Bonchev–Trinajstić information content (AvgIpc) is 2.76. The van der Waals surface area contributed by atoms with Crippen LogP contribution in [0.1, 0.15) is 92.4 Å². The maximum Gasteiger partial charge on any atom is 0.311 e. The van der Waals surface area contributed by atoms with E-state index in [1.165, 1.54) is 38.5 Å². The lowest BCUT2D eigenvalue weighted by molar-refractivity contribution is -0.158. The van der Waals surface area contributed by atoms with Crippen LogP contribution in [0.5, 0.6) is 0 Å². The highest BCUT2D eigenvalue weighted by atomic mass is 16.5. The topological polar surface area (TPSA) is 29.5 Å². The van der Waals surface area contributed by atoms with Gasteiger partial charge in [0.15, 0.2) is 0 Å². The summed E-state index contributed by atoms with van der Waals surface area (Å²) in [5, 5.41) is 0. The summed E-state index contributed by atoms with van der Waals surface area (Å²) >= 11 is 0. The molecule has 3 fully saturated rings. The second-order valence-electron chi connectivity index (χ2n) is 10.8. The molecule has 3 rings (SSSR count). The Morgan fingerprint density at radius 2 is 1.38 bits per heavy atom. The van der Waals surface area contributed by atoms with Gasteiger partial charge in [0.2, 0.25) is 0 Å². The van der Waals surface area contributed by atoms with Crippen molar-refractivity contribution in [3.05, 3.63) is 0 Å². The number of nitrogens with zero attached hydrogens (tertiary/aromatic N) is 1. The van der Waals surface area contributed by atoms with Gasteiger partial charge in [-0.05, 0) is 97.4 Å². The number of carbonyl (C=O) groups is 1. The Hall–Kier alpha value is -0.570. The summed E-state index contributed by atoms with van der Waals surface area (Å²) in [7, 11) is 2.14. The van der Waals surface area contributed by atoms with Gasteiger partial charge in [0, 0.05) is 11.1 Å². The van der Waals surface area contributed by atoms with Crippen molar-refractivity contribution in [1.82, 2.24) is 4.90 Å². The smallest absolute Gasteiger partial charge is 0.311 e. The lowest BCUT2D eigenvalue weighted by atomic mass is 9.71. The zero-order valence-corrected chi connectivity index (χ0v) is 18.0. The third kappa shape index (κ3) is 3.98. The summed E-state index contributed by atoms with van der Waals surface area (Å²) in [6, 6.07) is 0. The van der Waals surface area contributed by atoms with Crippen LogP contribution in [-0.4, -0.2) is 35.1 Å². The van der Waals surface area contributed by atoms with E-state index < -0.39 is 0 Å². The van der Waals surface area contributed by atoms with E-state index >= 15 is 0 Å². The Kier molecular flexibility index (Phi) is 5.78. The highest BCUT2D eigenvalue weighted by Crippen LogP contribution is 2.45. The van der Waals surface area contributed by atoms with Crippen LogP contribution in [0, 0.1) is 23.7 Å². The summed E-state index contributed by atoms with van der Waals surface area (Å²) in [6.45, 7) is 11.2. The number of rotatable bonds is 3. The zero-order valence-electron chi connectivity index (χ0n) is 18.0. The van der Waals surface area contributed by atoms with Gasteiger partial charge in [-0.2, -0.15) is 0 Å². The number of hydrogen-bond donors (Lipinski definition) is 0. The molecule has 0 N–H and O–H groups in total. The lowest BCUT2D eigenvalue weighted by Crippen LogP contribution is -2.48. The minimum atomic E-state index is -0.128. The fourth-order valence-corrected chi connectivity index (χ4v) is 5.95. The van der Waals surface area contributed by atoms with Crippen molar-refractivity contribution in [3.63, 3.8) is 0 Å². The zero-order chi connectivity index (χ0) is 19.1. The van der Waals surface area contributed by atoms with Gasteiger partial charge in [-0.1, -0.05) is 19.8 Å². The Labute approximate surface area is 161 Å². The monoisotopic (exact) mass is 363 g/mol. The molecule has 26 heavy (non-hydrogen) atoms. The third-order valence-electron chi connectivity index (χ3n) is 8.34. The molecule has 3 nitrogen and oxygen atoms in total. The molecule has 1 atom stereocenters. The van der Waals surface area contributed by atoms with Crippen LogP contribution in [0.15, 0.2) is 0 Å². The minimum Gasteiger partial charge on any atom is -0.462 e. The van der Waals surface area contributed by atoms with E-state index in [1.54, 1.807) is 0 Å². The summed E-state index contributed by atoms with van der Waals surface area (Å²) in [5.74, 6) is 2.78. The van der Waals surface area contributed by atoms with Crippen molar-refractivity contribution >= 4 is 5.97 Å². The summed E-state index contributed by atoms with van der Waals surface area (Å²) < 4.78 is 6.04. The molecule has 0 spiro atoms. The van der Waals surface area contributed by atoms with Crippen LogP contribution < -0.4 is 0 Å². The van der Waals surface area contributed by atoms with Crippen molar-refractivity contribution in [1.29, 1.82) is 0 Å². The van der Waals surface area contributed by atoms with Gasteiger partial charge >= 0.3 is 5.97 Å². The molecule has 2 aliphatic carbocycles. The molecule has 1 heterocycles. The number of carbonyl (C=O) groups excluding carboxylic acids is 1. The molecule has 0 aromatic heterocycles. The van der Waals surface area contributed by atoms with Gasteiger partial charge in [-0.25, -0.2) is 0 Å². The highest BCUT2D eigenvalue weighted by molar-refractivity contribution is 5.75. The highest BCUT2D eigenvalue weighted by Gasteiger charge is 2.53. The largest absolute Gasteiger partial charge is 0.462 e. The molecule has 0 bridgehead atoms. The molecule has 0 radical (unpaired) electrons. The summed E-state index contributed by atoms with van der Waals surface area (Å²) in [4.78, 5) is 15.3. The van der Waals surface area contributed by atoms with E-state index in [0.29, 0.717) is 0 Å². The quantitative estimate of drug-likeness (QED) is 0.627. The van der Waals surface area contributed by atoms with E-state index in [0.717, 1.165) is 37.0 Å². The fourth-order valence-electron chi connectivity index (χ4n) is 5.95. The van der Waals surface area contributed by atoms with Gasteiger partial charge in [0.05, 0.1) is 5.92 Å². The van der Waals surface area contributed by atoms with Crippen molar-refractivity contribution in [2.24, 2.45) is 23.7 Å². The fraction of sp³-hybridized carbons (Fsp3) is 0.957. The van der Waals surface area contributed by atoms with Crippen LogP contribution in [0.3, 0.4) is 0 Å². The summed E-state index contributed by atoms with van der Waals surface area (Å²) in [5.41, 5.74) is -0.0699. The maximum atomic E-state index is 12.9. The molecule has 1 saturated heterocycles. The Balaban J connectivity index is 1.49. The average molecular weight is 364 g/mol. The van der Waals surface area contributed by atoms with Crippen molar-refractivity contribution in [2.75, 3.05) is 7.05 Å². The molecule has 1 unspecified atom stereocenters. The lowest BCUT2D eigenvalue weighted by Gasteiger charge is -2.39. The first-order valence-electron chi connectivity index (χ1n) is 11.1. The van der Waals surface area contributed by atoms with E-state index in [-0.39, 0.29) is 29.1 Å². The molecule has 0 aromatic carbocycles. The standard InChI is InChI=1S/C23H41NO2/c1-16-7-9-17(10-8-16)18-11-13-19(14-12-18)26-21(25)20-15-22(2,3)24(6)23(20,4)5/h16-20H,7-15H2,1-6H3. The van der Waals surface area contributed by atoms with Crippen LogP contribution >= 0.6 is 0 Å². The normalized spacial score (nSPS) is 40.3. The Morgan fingerprint density at radius 3 is 1.85 bits per heavy atom. The van der Waals surface area contributed by atoms with Crippen molar-refractivity contribution in [2.45, 2.75) is 110 Å². The Bertz CT molecular complexity index is 496. The second kappa shape index (κ2) is 7.45. The summed E-state index contributed by atoms with van der Waals surface area (Å²) in [6.07, 6.45) is 11.4. The molecule has 0 aromatic rings. The third-order valence-corrected chi connectivity index (χ3v) is 8.34. The molecule has 3 aliphatic rings. The molecule has 0 amide bonds. The first-order valence-corrected chi connectivity index (χ1v) is 11.1. The predicted octanol–water partition coefficient (Wildman–Crippen LogP) is 5.42. The van der Waals surface area contributed by atoms with E-state index in [9.17, 15) is 4.79 Å². The van der Waals surface area contributed by atoms with Crippen LogP contribution in [0.4, 0.5) is 0 Å². The van der Waals surface area contributed by atoms with Crippen molar-refractivity contribution < 1.29 is 9.53 Å². The van der Waals surface area contributed by atoms with Gasteiger partial charge in [-0.3, -0.25) is 9.69 Å². The SMILES string of the molecule is CC1CCC(C2CCC(OC(=O)C3CC(C)(C)N(C)C3(C)C)CC2)CC1. The van der Waals surface area contributed by atoms with Crippen molar-refractivity contribution in [3.8, 4) is 0 Å². The first kappa shape index (κ1) is 20.2. The molecular weight excluding hydrogens is 322 g/mol. The van der Waals surface area contributed by atoms with Gasteiger partial charge in [0.1, 0.15) is 6.10 Å². The van der Waals surface area contributed by atoms with E-state index in [4.69, 9.17) is 4.74 Å². The molecule has 3 heteroatoms. The number of hydrogen-bond acceptors (Lipinski definition) is 3. The number of ether oxygens (including phenoxy) is 1. The van der Waals surface area contributed by atoms with E-state index in [1.807, 2.05) is 0 Å². The van der Waals surface area contributed by atoms with Crippen LogP contribution in [0.2, 0.25) is 0 Å². The second-order valence-corrected chi connectivity index (χ2v) is 10.8. The van der Waals surface area contributed by atoms with Gasteiger partial charge in [0.25, 0.3) is 0 Å². The minimum absolute atomic E-state index is 0.0138. The molecular formula is C23H41NO2. The Morgan fingerprint density at radius 1 is 0.885 bits per heavy atom. The van der Waals surface area contributed by atoms with Crippen LogP contribution in [-0.2, 0) is 9.53 Å². The first-order chi connectivity index (χ1) is 12.1. The van der Waals surface area contributed by atoms with Crippen LogP contribution in [0.25, 0.3) is 0 Å². The predicted molar refractivity (Wildman–Crippen MR) is 107 cm³/mol. The number of esters is 1. The number of likely N-dealkylation sites (tertiary alicyclic amines) is 1. The van der Waals surface area contributed by atoms with Gasteiger partial charge < -0.3 is 4.74 Å². The van der Waals surface area contributed by atoms with E-state index in [2.05, 4.69) is 46.6 Å². The molecule has 150 valence electrons.